The highest BCUT2D eigenvalue weighted by Gasteiger charge is 2.36. The van der Waals surface area contributed by atoms with E-state index in [0.717, 1.165) is 55.0 Å². The van der Waals surface area contributed by atoms with Gasteiger partial charge in [0.2, 0.25) is 0 Å². The van der Waals surface area contributed by atoms with Crippen molar-refractivity contribution < 1.29 is 4.74 Å². The summed E-state index contributed by atoms with van der Waals surface area (Å²) in [6.45, 7) is 5.61. The maximum Gasteiger partial charge on any atom is 0.194 e. The van der Waals surface area contributed by atoms with Gasteiger partial charge in [0.1, 0.15) is 12.2 Å². The number of aromatic nitrogens is 3. The lowest BCUT2D eigenvalue weighted by Crippen LogP contribution is -2.42. The zero-order valence-corrected chi connectivity index (χ0v) is 20.4. The average molecular weight is 533 g/mol. The summed E-state index contributed by atoms with van der Waals surface area (Å²) in [6.07, 6.45) is 3.39. The summed E-state index contributed by atoms with van der Waals surface area (Å²) in [5, 5.41) is 8.34. The number of aryl methyl sites for hydroxylation is 1. The van der Waals surface area contributed by atoms with Crippen molar-refractivity contribution in [3.05, 3.63) is 47.0 Å². The van der Waals surface area contributed by atoms with E-state index < -0.39 is 0 Å². The van der Waals surface area contributed by atoms with E-state index >= 15 is 0 Å². The van der Waals surface area contributed by atoms with Crippen LogP contribution in [0.15, 0.2) is 35.6 Å². The summed E-state index contributed by atoms with van der Waals surface area (Å²) in [5.74, 6) is 1.74. The van der Waals surface area contributed by atoms with E-state index in [1.165, 1.54) is 0 Å². The molecule has 0 radical (unpaired) electrons. The second-order valence-corrected chi connectivity index (χ2v) is 7.61. The third-order valence-electron chi connectivity index (χ3n) is 5.31. The van der Waals surface area contributed by atoms with Crippen LogP contribution < -0.4 is 5.32 Å². The first kappa shape index (κ1) is 23.9. The van der Waals surface area contributed by atoms with Gasteiger partial charge in [-0.15, -0.1) is 24.0 Å². The highest BCUT2D eigenvalue weighted by molar-refractivity contribution is 14.0. The fourth-order valence-electron chi connectivity index (χ4n) is 3.61. The smallest absolute Gasteiger partial charge is 0.194 e. The molecule has 2 aromatic rings. The van der Waals surface area contributed by atoms with Crippen molar-refractivity contribution in [2.75, 3.05) is 33.4 Å². The minimum atomic E-state index is -0.108. The second kappa shape index (κ2) is 11.1. The summed E-state index contributed by atoms with van der Waals surface area (Å²) >= 11 is 6.57. The molecule has 0 spiro atoms. The molecule has 0 bridgehead atoms. The molecule has 0 saturated carbocycles. The van der Waals surface area contributed by atoms with Crippen molar-refractivity contribution in [2.45, 2.75) is 31.7 Å². The Labute approximate surface area is 194 Å². The molecular weight excluding hydrogens is 503 g/mol. The van der Waals surface area contributed by atoms with Gasteiger partial charge in [-0.05, 0) is 31.4 Å². The number of hydrogen-bond acceptors (Lipinski definition) is 4. The topological polar surface area (TPSA) is 67.6 Å². The van der Waals surface area contributed by atoms with Gasteiger partial charge in [0.05, 0.1) is 13.1 Å². The number of halogens is 2. The summed E-state index contributed by atoms with van der Waals surface area (Å²) in [4.78, 5) is 11.4. The fraction of sp³-hybridized carbons (Fsp3) is 0.550. The summed E-state index contributed by atoms with van der Waals surface area (Å²) in [5.41, 5.74) is 1.05. The first-order chi connectivity index (χ1) is 13.6. The lowest BCUT2D eigenvalue weighted by molar-refractivity contribution is 0.0530. The van der Waals surface area contributed by atoms with Gasteiger partial charge in [-0.3, -0.25) is 9.67 Å². The minimum absolute atomic E-state index is 0. The Kier molecular flexibility index (Phi) is 9.16. The molecule has 2 heterocycles. The molecule has 3 rings (SSSR count). The maximum atomic E-state index is 6.57. The van der Waals surface area contributed by atoms with Gasteiger partial charge in [-0.1, -0.05) is 29.8 Å². The van der Waals surface area contributed by atoms with Crippen molar-refractivity contribution in [1.29, 1.82) is 0 Å². The van der Waals surface area contributed by atoms with Gasteiger partial charge >= 0.3 is 0 Å². The highest BCUT2D eigenvalue weighted by atomic mass is 127. The first-order valence-electron chi connectivity index (χ1n) is 9.71. The van der Waals surface area contributed by atoms with E-state index in [1.807, 2.05) is 32.3 Å². The van der Waals surface area contributed by atoms with Gasteiger partial charge in [0.15, 0.2) is 5.96 Å². The molecule has 0 amide bonds. The van der Waals surface area contributed by atoms with Gasteiger partial charge in [-0.25, -0.2) is 4.98 Å². The average Bonchev–Trinajstić information content (AvgIpc) is 3.10. The molecule has 7 nitrogen and oxygen atoms in total. The van der Waals surface area contributed by atoms with Crippen LogP contribution in [0.5, 0.6) is 0 Å². The van der Waals surface area contributed by atoms with Gasteiger partial charge in [-0.2, -0.15) is 5.10 Å². The molecule has 1 aromatic carbocycles. The van der Waals surface area contributed by atoms with Crippen LogP contribution in [0.3, 0.4) is 0 Å². The summed E-state index contributed by atoms with van der Waals surface area (Å²) in [6, 6.07) is 8.11. The van der Waals surface area contributed by atoms with E-state index in [-0.39, 0.29) is 29.4 Å². The van der Waals surface area contributed by atoms with Crippen LogP contribution in [0.2, 0.25) is 5.02 Å². The molecule has 1 aromatic heterocycles. The van der Waals surface area contributed by atoms with E-state index in [2.05, 4.69) is 33.3 Å². The standard InChI is InChI=1S/C20H29ClN6O.HI/c1-4-22-19(26(2)13-18-24-15-25-27(18)3)23-14-20(9-11-28-12-10-20)16-7-5-6-8-17(16)21;/h5-8,15H,4,9-14H2,1-3H3,(H,22,23);1H. The SMILES string of the molecule is CCNC(=NCC1(c2ccccc2Cl)CCOCC1)N(C)Cc1ncnn1C.I. The molecule has 0 aliphatic carbocycles. The number of rotatable bonds is 6. The van der Waals surface area contributed by atoms with Crippen LogP contribution in [0.25, 0.3) is 0 Å². The Hall–Kier alpha value is -1.39. The van der Waals surface area contributed by atoms with E-state index in [1.54, 1.807) is 11.0 Å². The molecular formula is C20H30ClIN6O. The van der Waals surface area contributed by atoms with Crippen molar-refractivity contribution in [2.24, 2.45) is 12.0 Å². The molecule has 160 valence electrons. The molecule has 0 unspecified atom stereocenters. The number of hydrogen-bond donors (Lipinski definition) is 1. The number of guanidine groups is 1. The number of nitrogens with one attached hydrogen (secondary N) is 1. The van der Waals surface area contributed by atoms with Crippen LogP contribution in [0.4, 0.5) is 0 Å². The van der Waals surface area contributed by atoms with Crippen molar-refractivity contribution in [3.63, 3.8) is 0 Å². The third-order valence-corrected chi connectivity index (χ3v) is 5.64. The van der Waals surface area contributed by atoms with Crippen molar-refractivity contribution in [1.82, 2.24) is 25.0 Å². The Morgan fingerprint density at radius 1 is 1.34 bits per heavy atom. The van der Waals surface area contributed by atoms with Crippen LogP contribution in [0, 0.1) is 0 Å². The zero-order valence-electron chi connectivity index (χ0n) is 17.3. The first-order valence-corrected chi connectivity index (χ1v) is 10.1. The predicted molar refractivity (Wildman–Crippen MR) is 127 cm³/mol. The molecule has 9 heteroatoms. The zero-order chi connectivity index (χ0) is 20.0. The van der Waals surface area contributed by atoms with Crippen molar-refractivity contribution >= 4 is 41.5 Å². The predicted octanol–water partition coefficient (Wildman–Crippen LogP) is 3.23. The molecule has 1 fully saturated rings. The normalized spacial score (nSPS) is 16.2. The Morgan fingerprint density at radius 3 is 2.69 bits per heavy atom. The largest absolute Gasteiger partial charge is 0.381 e. The molecule has 1 N–H and O–H groups in total. The maximum absolute atomic E-state index is 6.57. The minimum Gasteiger partial charge on any atom is -0.381 e. The number of aliphatic imine (C=N–C) groups is 1. The summed E-state index contributed by atoms with van der Waals surface area (Å²) < 4.78 is 7.42. The van der Waals surface area contributed by atoms with Crippen LogP contribution in [-0.2, 0) is 23.7 Å². The molecule has 29 heavy (non-hydrogen) atoms. The van der Waals surface area contributed by atoms with Crippen LogP contribution >= 0.6 is 35.6 Å². The van der Waals surface area contributed by atoms with E-state index in [9.17, 15) is 0 Å². The quantitative estimate of drug-likeness (QED) is 0.352. The lowest BCUT2D eigenvalue weighted by Gasteiger charge is -2.37. The van der Waals surface area contributed by atoms with Crippen LogP contribution in [0.1, 0.15) is 31.2 Å². The monoisotopic (exact) mass is 532 g/mol. The second-order valence-electron chi connectivity index (χ2n) is 7.20. The Bertz CT molecular complexity index is 806. The van der Waals surface area contributed by atoms with Gasteiger partial charge < -0.3 is 15.0 Å². The number of ether oxygens (including phenoxy) is 1. The molecule has 1 aliphatic rings. The molecule has 1 aliphatic heterocycles. The van der Waals surface area contributed by atoms with Crippen molar-refractivity contribution in [3.8, 4) is 0 Å². The molecule has 0 atom stereocenters. The highest BCUT2D eigenvalue weighted by Crippen LogP contribution is 2.38. The Balaban J connectivity index is 0.00000300. The van der Waals surface area contributed by atoms with Crippen LogP contribution in [-0.4, -0.2) is 59.0 Å². The number of nitrogens with zero attached hydrogens (tertiary/aromatic N) is 5. The molecule has 1 saturated heterocycles. The van der Waals surface area contributed by atoms with Gasteiger partial charge in [0, 0.05) is 44.3 Å². The summed E-state index contributed by atoms with van der Waals surface area (Å²) in [7, 11) is 3.91. The number of benzene rings is 1. The Morgan fingerprint density at radius 2 is 2.07 bits per heavy atom. The lowest BCUT2D eigenvalue weighted by atomic mass is 9.74. The third kappa shape index (κ3) is 5.82. The van der Waals surface area contributed by atoms with Gasteiger partial charge in [0.25, 0.3) is 0 Å². The van der Waals surface area contributed by atoms with E-state index in [0.29, 0.717) is 13.1 Å². The fourth-order valence-corrected chi connectivity index (χ4v) is 3.95. The van der Waals surface area contributed by atoms with E-state index in [4.69, 9.17) is 21.3 Å².